The average molecular weight is 428 g/mol. The lowest BCUT2D eigenvalue weighted by Crippen LogP contribution is -2.05. The van der Waals surface area contributed by atoms with Crippen LogP contribution in [0.15, 0.2) is 47.1 Å². The molecule has 0 amide bonds. The van der Waals surface area contributed by atoms with Crippen LogP contribution < -0.4 is 9.47 Å². The number of unbranched alkanes of at least 4 members (excludes halogenated alkanes) is 1. The van der Waals surface area contributed by atoms with Gasteiger partial charge in [-0.1, -0.05) is 50.9 Å². The molecule has 0 spiro atoms. The van der Waals surface area contributed by atoms with Crippen molar-refractivity contribution in [2.45, 2.75) is 39.5 Å². The van der Waals surface area contributed by atoms with E-state index in [2.05, 4.69) is 25.8 Å². The van der Waals surface area contributed by atoms with E-state index in [0.29, 0.717) is 40.5 Å². The monoisotopic (exact) mass is 427 g/mol. The van der Waals surface area contributed by atoms with Crippen LogP contribution in [-0.4, -0.2) is 25.6 Å². The molecule has 2 aromatic rings. The van der Waals surface area contributed by atoms with Crippen LogP contribution in [0.3, 0.4) is 0 Å². The summed E-state index contributed by atoms with van der Waals surface area (Å²) in [4.78, 5) is 16.7. The molecule has 0 fully saturated rings. The van der Waals surface area contributed by atoms with Crippen LogP contribution in [0.5, 0.6) is 11.5 Å². The quantitative estimate of drug-likeness (QED) is 0.294. The summed E-state index contributed by atoms with van der Waals surface area (Å²) in [5.74, 6) is 1.22. The summed E-state index contributed by atoms with van der Waals surface area (Å²) in [7, 11) is 1.55. The maximum absolute atomic E-state index is 12.3. The number of cyclic esters (lactones) is 1. The van der Waals surface area contributed by atoms with Gasteiger partial charge in [0.2, 0.25) is 5.90 Å². The molecule has 0 bridgehead atoms. The molecule has 0 aromatic heterocycles. The fraction of sp³-hybridized carbons (Fsp3) is 0.333. The summed E-state index contributed by atoms with van der Waals surface area (Å²) in [6, 6.07) is 11.3. The van der Waals surface area contributed by atoms with Gasteiger partial charge in [-0.05, 0) is 53.8 Å². The van der Waals surface area contributed by atoms with E-state index in [1.165, 1.54) is 5.56 Å². The Bertz CT molecular complexity index is 977. The smallest absolute Gasteiger partial charge is 0.363 e. The van der Waals surface area contributed by atoms with E-state index in [0.717, 1.165) is 18.4 Å². The second-order valence-electron chi connectivity index (χ2n) is 7.35. The SMILES string of the molecule is CCCCOc1c(Cl)cc(/C=C2\N=C(c3ccc(C(C)C)cc3)OC2=O)cc1OC. The molecule has 1 aliphatic heterocycles. The van der Waals surface area contributed by atoms with Crippen molar-refractivity contribution in [3.8, 4) is 11.5 Å². The van der Waals surface area contributed by atoms with Crippen molar-refractivity contribution in [1.82, 2.24) is 0 Å². The van der Waals surface area contributed by atoms with Crippen molar-refractivity contribution >= 4 is 29.5 Å². The maximum atomic E-state index is 12.3. The molecule has 0 N–H and O–H groups in total. The number of esters is 1. The van der Waals surface area contributed by atoms with Gasteiger partial charge in [0, 0.05) is 5.56 Å². The highest BCUT2D eigenvalue weighted by molar-refractivity contribution is 6.32. The number of ether oxygens (including phenoxy) is 3. The molecule has 0 saturated carbocycles. The van der Waals surface area contributed by atoms with E-state index in [1.54, 1.807) is 25.3 Å². The topological polar surface area (TPSA) is 57.1 Å². The van der Waals surface area contributed by atoms with E-state index >= 15 is 0 Å². The molecule has 2 aromatic carbocycles. The lowest BCUT2D eigenvalue weighted by molar-refractivity contribution is -0.129. The Balaban J connectivity index is 1.86. The number of halogens is 1. The fourth-order valence-corrected chi connectivity index (χ4v) is 3.26. The average Bonchev–Trinajstić information content (AvgIpc) is 3.09. The number of benzene rings is 2. The lowest BCUT2D eigenvalue weighted by Gasteiger charge is -2.13. The van der Waals surface area contributed by atoms with Crippen molar-refractivity contribution in [2.75, 3.05) is 13.7 Å². The molecule has 3 rings (SSSR count). The third-order valence-corrected chi connectivity index (χ3v) is 5.03. The molecule has 0 radical (unpaired) electrons. The number of hydrogen-bond donors (Lipinski definition) is 0. The lowest BCUT2D eigenvalue weighted by atomic mass is 10.0. The van der Waals surface area contributed by atoms with E-state index in [-0.39, 0.29) is 5.70 Å². The second kappa shape index (κ2) is 9.81. The van der Waals surface area contributed by atoms with Crippen LogP contribution in [0.25, 0.3) is 6.08 Å². The van der Waals surface area contributed by atoms with Crippen LogP contribution in [-0.2, 0) is 9.53 Å². The molecule has 0 saturated heterocycles. The first kappa shape index (κ1) is 21.9. The minimum absolute atomic E-state index is 0.204. The van der Waals surface area contributed by atoms with Gasteiger partial charge in [-0.2, -0.15) is 0 Å². The Hall–Kier alpha value is -2.79. The number of rotatable bonds is 8. The molecular weight excluding hydrogens is 402 g/mol. The van der Waals surface area contributed by atoms with Crippen LogP contribution in [0.4, 0.5) is 0 Å². The summed E-state index contributed by atoms with van der Waals surface area (Å²) in [5.41, 5.74) is 2.84. The zero-order valence-corrected chi connectivity index (χ0v) is 18.5. The first-order chi connectivity index (χ1) is 14.4. The summed E-state index contributed by atoms with van der Waals surface area (Å²) in [6.07, 6.45) is 3.57. The molecule has 0 unspecified atom stereocenters. The van der Waals surface area contributed by atoms with Gasteiger partial charge in [-0.3, -0.25) is 0 Å². The van der Waals surface area contributed by atoms with Gasteiger partial charge >= 0.3 is 5.97 Å². The van der Waals surface area contributed by atoms with Crippen molar-refractivity contribution < 1.29 is 19.0 Å². The number of methoxy groups -OCH3 is 1. The maximum Gasteiger partial charge on any atom is 0.363 e. The highest BCUT2D eigenvalue weighted by Gasteiger charge is 2.24. The molecule has 5 nitrogen and oxygen atoms in total. The summed E-state index contributed by atoms with van der Waals surface area (Å²) >= 11 is 6.39. The van der Waals surface area contributed by atoms with Gasteiger partial charge < -0.3 is 14.2 Å². The van der Waals surface area contributed by atoms with Crippen molar-refractivity contribution in [3.05, 3.63) is 63.8 Å². The van der Waals surface area contributed by atoms with Gasteiger partial charge in [0.05, 0.1) is 18.7 Å². The summed E-state index contributed by atoms with van der Waals surface area (Å²) in [5, 5.41) is 0.414. The van der Waals surface area contributed by atoms with Crippen molar-refractivity contribution in [3.63, 3.8) is 0 Å². The third kappa shape index (κ3) is 5.03. The van der Waals surface area contributed by atoms with Crippen molar-refractivity contribution in [1.29, 1.82) is 0 Å². The van der Waals surface area contributed by atoms with E-state index in [9.17, 15) is 4.79 Å². The number of carbonyl (C=O) groups is 1. The molecule has 158 valence electrons. The molecule has 0 atom stereocenters. The molecule has 6 heteroatoms. The first-order valence-corrected chi connectivity index (χ1v) is 10.4. The molecule has 1 aliphatic rings. The van der Waals surface area contributed by atoms with Crippen LogP contribution in [0, 0.1) is 0 Å². The normalized spacial score (nSPS) is 14.8. The van der Waals surface area contributed by atoms with Gasteiger partial charge in [-0.15, -0.1) is 0 Å². The first-order valence-electron chi connectivity index (χ1n) is 10.1. The fourth-order valence-electron chi connectivity index (χ4n) is 2.98. The second-order valence-corrected chi connectivity index (χ2v) is 7.76. The van der Waals surface area contributed by atoms with E-state index in [1.807, 2.05) is 24.3 Å². The summed E-state index contributed by atoms with van der Waals surface area (Å²) in [6.45, 7) is 6.90. The largest absolute Gasteiger partial charge is 0.493 e. The Morgan fingerprint density at radius 1 is 1.20 bits per heavy atom. The minimum atomic E-state index is -0.503. The van der Waals surface area contributed by atoms with Crippen LogP contribution in [0.1, 0.15) is 56.2 Å². The Morgan fingerprint density at radius 2 is 1.93 bits per heavy atom. The van der Waals surface area contributed by atoms with E-state index < -0.39 is 5.97 Å². The highest BCUT2D eigenvalue weighted by atomic mass is 35.5. The minimum Gasteiger partial charge on any atom is -0.493 e. The zero-order valence-electron chi connectivity index (χ0n) is 17.7. The van der Waals surface area contributed by atoms with Gasteiger partial charge in [0.1, 0.15) is 0 Å². The number of hydrogen-bond acceptors (Lipinski definition) is 5. The standard InChI is InChI=1S/C24H26ClNO4/c1-5-6-11-29-22-19(25)12-16(14-21(22)28-4)13-20-24(27)30-23(26-20)18-9-7-17(8-10-18)15(2)3/h7-10,12-15H,5-6,11H2,1-4H3/b20-13-. The molecule has 30 heavy (non-hydrogen) atoms. The van der Waals surface area contributed by atoms with Gasteiger partial charge in [0.25, 0.3) is 0 Å². The van der Waals surface area contributed by atoms with Crippen LogP contribution in [0.2, 0.25) is 5.02 Å². The summed E-state index contributed by atoms with van der Waals surface area (Å²) < 4.78 is 16.5. The number of aliphatic imine (C=N–C) groups is 1. The zero-order chi connectivity index (χ0) is 21.7. The molecule has 1 heterocycles. The third-order valence-electron chi connectivity index (χ3n) is 4.74. The predicted octanol–water partition coefficient (Wildman–Crippen LogP) is 6.00. The van der Waals surface area contributed by atoms with E-state index in [4.69, 9.17) is 25.8 Å². The van der Waals surface area contributed by atoms with Gasteiger partial charge in [0.15, 0.2) is 17.2 Å². The Kier molecular flexibility index (Phi) is 7.16. The Labute approximate surface area is 182 Å². The number of nitrogens with zero attached hydrogens (tertiary/aromatic N) is 1. The Morgan fingerprint density at radius 3 is 2.57 bits per heavy atom. The predicted molar refractivity (Wildman–Crippen MR) is 120 cm³/mol. The van der Waals surface area contributed by atoms with Crippen LogP contribution >= 0.6 is 11.6 Å². The number of carbonyl (C=O) groups excluding carboxylic acids is 1. The molecule has 0 aliphatic carbocycles. The van der Waals surface area contributed by atoms with Gasteiger partial charge in [-0.25, -0.2) is 9.79 Å². The molecular formula is C24H26ClNO4. The highest BCUT2D eigenvalue weighted by Crippen LogP contribution is 2.37. The van der Waals surface area contributed by atoms with Crippen molar-refractivity contribution in [2.24, 2.45) is 4.99 Å².